The molecule has 4 bridgehead atoms. The minimum atomic E-state index is -0.495. The molecule has 6 aliphatic rings. The summed E-state index contributed by atoms with van der Waals surface area (Å²) < 4.78 is 22.4. The number of hydrogen-bond acceptors (Lipinski definition) is 5. The van der Waals surface area contributed by atoms with Crippen molar-refractivity contribution in [2.45, 2.75) is 75.6 Å². The number of imidazole rings is 1. The Hall–Kier alpha value is -2.49. The van der Waals surface area contributed by atoms with Crippen LogP contribution in [0.4, 0.5) is 9.18 Å². The van der Waals surface area contributed by atoms with Gasteiger partial charge in [-0.15, -0.1) is 0 Å². The van der Waals surface area contributed by atoms with Gasteiger partial charge in [0.1, 0.15) is 5.82 Å². The predicted molar refractivity (Wildman–Crippen MR) is 140 cm³/mol. The molecule has 0 spiro atoms. The number of hydrogen-bond donors (Lipinski definition) is 4. The van der Waals surface area contributed by atoms with Crippen LogP contribution in [-0.2, 0) is 4.74 Å². The number of ether oxygens (including phenoxy) is 1. The number of aromatic nitrogens is 2. The van der Waals surface area contributed by atoms with Crippen LogP contribution in [0.1, 0.15) is 63.0 Å². The van der Waals surface area contributed by atoms with Crippen LogP contribution < -0.4 is 16.0 Å². The molecule has 9 heteroatoms. The molecule has 4 saturated carbocycles. The number of halogens is 1. The molecule has 4 unspecified atom stereocenters. The highest BCUT2D eigenvalue weighted by Crippen LogP contribution is 2.62. The second-order valence-electron chi connectivity index (χ2n) is 12.4. The third-order valence-electron chi connectivity index (χ3n) is 10.3. The topological polar surface area (TPSA) is 100 Å². The van der Waals surface area contributed by atoms with Gasteiger partial charge in [0.25, 0.3) is 0 Å². The first-order valence-electron chi connectivity index (χ1n) is 14.3. The summed E-state index contributed by atoms with van der Waals surface area (Å²) in [5.41, 5.74) is 2.40. The van der Waals surface area contributed by atoms with Crippen molar-refractivity contribution < 1.29 is 19.0 Å². The van der Waals surface area contributed by atoms with Crippen LogP contribution in [0.3, 0.4) is 0 Å². The molecule has 204 valence electrons. The predicted octanol–water partition coefficient (Wildman–Crippen LogP) is 3.56. The SMILES string of the molecule is O=C(NCNC1C2CC3CC1CC(C(O)CC1c4c(F)cccc4-c4cncn41)(C3)C2)NC1CCOCC1. The number of carbonyl (C=O) groups excluding carboxylic acids is 1. The van der Waals surface area contributed by atoms with Gasteiger partial charge in [-0.25, -0.2) is 14.2 Å². The largest absolute Gasteiger partial charge is 0.392 e. The Morgan fingerprint density at radius 3 is 2.79 bits per heavy atom. The van der Waals surface area contributed by atoms with Gasteiger partial charge in [0.15, 0.2) is 0 Å². The van der Waals surface area contributed by atoms with E-state index in [-0.39, 0.29) is 29.3 Å². The average molecular weight is 524 g/mol. The summed E-state index contributed by atoms with van der Waals surface area (Å²) >= 11 is 0. The standard InChI is InChI=1S/C29H38FN5O3/c30-22-3-1-2-21-24-14-31-16-35(24)23(26(21)22)10-25(36)29-11-17-8-18(12-29)27(19(9-17)13-29)32-15-33-28(37)34-20-4-6-38-7-5-20/h1-3,14,16-20,23,25,27,32,36H,4-13,15H2,(H2,33,34,37). The smallest absolute Gasteiger partial charge is 0.316 e. The monoisotopic (exact) mass is 523 g/mol. The summed E-state index contributed by atoms with van der Waals surface area (Å²) in [7, 11) is 0. The Bertz CT molecular complexity index is 1180. The van der Waals surface area contributed by atoms with E-state index in [1.807, 2.05) is 10.6 Å². The van der Waals surface area contributed by atoms with Gasteiger partial charge in [-0.1, -0.05) is 12.1 Å². The molecule has 1 saturated heterocycles. The van der Waals surface area contributed by atoms with E-state index in [1.54, 1.807) is 18.6 Å². The van der Waals surface area contributed by atoms with Crippen molar-refractivity contribution in [1.82, 2.24) is 25.5 Å². The Morgan fingerprint density at radius 2 is 2.00 bits per heavy atom. The van der Waals surface area contributed by atoms with E-state index in [0.717, 1.165) is 43.4 Å². The van der Waals surface area contributed by atoms with E-state index in [0.29, 0.717) is 55.7 Å². The molecule has 38 heavy (non-hydrogen) atoms. The third kappa shape index (κ3) is 4.14. The minimum Gasteiger partial charge on any atom is -0.392 e. The Kier molecular flexibility index (Phi) is 6.21. The molecule has 1 aromatic heterocycles. The van der Waals surface area contributed by atoms with E-state index < -0.39 is 6.10 Å². The van der Waals surface area contributed by atoms with E-state index in [1.165, 1.54) is 18.9 Å². The van der Waals surface area contributed by atoms with Crippen LogP contribution >= 0.6 is 0 Å². The number of fused-ring (bicyclic) bond motifs is 3. The van der Waals surface area contributed by atoms with Crippen LogP contribution in [0.15, 0.2) is 30.7 Å². The van der Waals surface area contributed by atoms with Crippen LogP contribution in [-0.4, -0.2) is 58.8 Å². The average Bonchev–Trinajstić information content (AvgIpc) is 3.49. The summed E-state index contributed by atoms with van der Waals surface area (Å²) in [6, 6.07) is 5.43. The fourth-order valence-corrected chi connectivity index (χ4v) is 8.85. The molecular formula is C29H38FN5O3. The minimum absolute atomic E-state index is 0.114. The van der Waals surface area contributed by atoms with Crippen LogP contribution in [0.5, 0.6) is 0 Å². The first-order chi connectivity index (χ1) is 18.5. The number of urea groups is 1. The van der Waals surface area contributed by atoms with Gasteiger partial charge in [-0.3, -0.25) is 5.32 Å². The van der Waals surface area contributed by atoms with Crippen LogP contribution in [0.25, 0.3) is 11.3 Å². The van der Waals surface area contributed by atoms with E-state index in [4.69, 9.17) is 4.74 Å². The highest BCUT2D eigenvalue weighted by molar-refractivity contribution is 5.74. The first kappa shape index (κ1) is 24.5. The number of aliphatic hydroxyl groups is 1. The zero-order chi connectivity index (χ0) is 25.9. The molecular weight excluding hydrogens is 485 g/mol. The zero-order valence-electron chi connectivity index (χ0n) is 21.7. The molecule has 5 fully saturated rings. The van der Waals surface area contributed by atoms with Gasteiger partial charge < -0.3 is 25.0 Å². The van der Waals surface area contributed by atoms with Crippen LogP contribution in [0.2, 0.25) is 0 Å². The van der Waals surface area contributed by atoms with Crippen molar-refractivity contribution in [2.75, 3.05) is 19.9 Å². The summed E-state index contributed by atoms with van der Waals surface area (Å²) in [4.78, 5) is 16.7. The molecule has 2 aliphatic heterocycles. The van der Waals surface area contributed by atoms with Gasteiger partial charge in [-0.2, -0.15) is 0 Å². The summed E-state index contributed by atoms with van der Waals surface area (Å²) in [5.74, 6) is 1.42. The molecule has 1 aromatic carbocycles. The number of nitrogens with zero attached hydrogens (tertiary/aromatic N) is 2. The highest BCUT2D eigenvalue weighted by Gasteiger charge is 2.58. The summed E-state index contributed by atoms with van der Waals surface area (Å²) in [6.07, 6.45) is 10.7. The first-order valence-corrected chi connectivity index (χ1v) is 14.3. The van der Waals surface area contributed by atoms with Crippen LogP contribution in [0, 0.1) is 29.0 Å². The second kappa shape index (κ2) is 9.61. The maximum absolute atomic E-state index is 15.0. The van der Waals surface area contributed by atoms with Gasteiger partial charge in [-0.05, 0) is 80.6 Å². The van der Waals surface area contributed by atoms with E-state index in [9.17, 15) is 14.3 Å². The number of carbonyl (C=O) groups is 1. The number of aliphatic hydroxyl groups excluding tert-OH is 1. The fraction of sp³-hybridized carbons (Fsp3) is 0.655. The molecule has 2 amide bonds. The number of rotatable bonds is 7. The number of nitrogens with one attached hydrogen (secondary N) is 3. The Labute approximate surface area is 222 Å². The maximum atomic E-state index is 15.0. The molecule has 4 N–H and O–H groups in total. The Balaban J connectivity index is 1.00. The lowest BCUT2D eigenvalue weighted by Gasteiger charge is -2.61. The molecule has 2 aromatic rings. The van der Waals surface area contributed by atoms with Gasteiger partial charge >= 0.3 is 6.03 Å². The van der Waals surface area contributed by atoms with Gasteiger partial charge in [0, 0.05) is 36.4 Å². The van der Waals surface area contributed by atoms with Crippen molar-refractivity contribution in [3.8, 4) is 11.3 Å². The molecule has 8 nitrogen and oxygen atoms in total. The van der Waals surface area contributed by atoms with E-state index >= 15 is 0 Å². The molecule has 8 rings (SSSR count). The molecule has 3 heterocycles. The van der Waals surface area contributed by atoms with Crippen molar-refractivity contribution in [3.05, 3.63) is 42.1 Å². The lowest BCUT2D eigenvalue weighted by Crippen LogP contribution is -2.62. The van der Waals surface area contributed by atoms with Gasteiger partial charge in [0.05, 0.1) is 37.0 Å². The zero-order valence-corrected chi connectivity index (χ0v) is 21.7. The third-order valence-corrected chi connectivity index (χ3v) is 10.3. The Morgan fingerprint density at radius 1 is 1.21 bits per heavy atom. The maximum Gasteiger partial charge on any atom is 0.316 e. The normalized spacial score (nSPS) is 34.1. The summed E-state index contributed by atoms with van der Waals surface area (Å²) in [6.45, 7) is 1.86. The van der Waals surface area contributed by atoms with Crippen molar-refractivity contribution in [3.63, 3.8) is 0 Å². The van der Waals surface area contributed by atoms with Crippen molar-refractivity contribution >= 4 is 6.03 Å². The van der Waals surface area contributed by atoms with Gasteiger partial charge in [0.2, 0.25) is 0 Å². The summed E-state index contributed by atoms with van der Waals surface area (Å²) in [5, 5.41) is 21.5. The fourth-order valence-electron chi connectivity index (χ4n) is 8.85. The van der Waals surface area contributed by atoms with Crippen molar-refractivity contribution in [1.29, 1.82) is 0 Å². The van der Waals surface area contributed by atoms with Crippen molar-refractivity contribution in [2.24, 2.45) is 23.2 Å². The lowest BCUT2D eigenvalue weighted by atomic mass is 9.46. The number of amides is 2. The second-order valence-corrected chi connectivity index (χ2v) is 12.4. The van der Waals surface area contributed by atoms with E-state index in [2.05, 4.69) is 20.9 Å². The lowest BCUT2D eigenvalue weighted by molar-refractivity contribution is -0.137. The number of benzene rings is 1. The molecule has 4 aliphatic carbocycles. The quantitative estimate of drug-likeness (QED) is 0.416. The highest BCUT2D eigenvalue weighted by atomic mass is 19.1. The molecule has 0 radical (unpaired) electrons. The molecule has 4 atom stereocenters.